The second kappa shape index (κ2) is 10.3. The van der Waals surface area contributed by atoms with E-state index < -0.39 is 11.5 Å². The maximum Gasteiger partial charge on any atom is 0.349 e. The number of rotatable bonds is 8. The minimum absolute atomic E-state index is 0.115. The molecule has 2 aromatic heterocycles. The monoisotopic (exact) mass is 482 g/mol. The molecule has 0 aliphatic heterocycles. The molecular formula is C22H18N4O5S2. The number of nitrogens with zero attached hydrogens (tertiary/aromatic N) is 2. The van der Waals surface area contributed by atoms with Crippen LogP contribution in [0.3, 0.4) is 0 Å². The minimum atomic E-state index is -0.740. The van der Waals surface area contributed by atoms with E-state index in [0.717, 1.165) is 17.1 Å². The molecule has 0 saturated carbocycles. The quantitative estimate of drug-likeness (QED) is 0.219. The molecule has 0 unspecified atom stereocenters. The van der Waals surface area contributed by atoms with Crippen LogP contribution >= 0.6 is 23.1 Å². The summed E-state index contributed by atoms with van der Waals surface area (Å²) in [6.45, 7) is 2.47. The number of hydrogen-bond acceptors (Lipinski definition) is 9. The molecule has 2 N–H and O–H groups in total. The molecule has 4 rings (SSSR count). The summed E-state index contributed by atoms with van der Waals surface area (Å²) in [5.74, 6) is -0.00622. The van der Waals surface area contributed by atoms with Gasteiger partial charge in [0.05, 0.1) is 12.4 Å². The van der Waals surface area contributed by atoms with E-state index >= 15 is 0 Å². The van der Waals surface area contributed by atoms with Gasteiger partial charge in [0.1, 0.15) is 16.9 Å². The van der Waals surface area contributed by atoms with Crippen LogP contribution in [-0.4, -0.2) is 34.4 Å². The fourth-order valence-electron chi connectivity index (χ4n) is 2.83. The number of anilines is 2. The van der Waals surface area contributed by atoms with Gasteiger partial charge in [0, 0.05) is 11.1 Å². The van der Waals surface area contributed by atoms with Gasteiger partial charge in [-0.05, 0) is 43.3 Å². The highest BCUT2D eigenvalue weighted by molar-refractivity contribution is 8.01. The standard InChI is InChI=1S/C22H18N4O5S2/c1-2-30-15-9-7-14(8-10-15)23-18(27)12-32-22-26-25-21(33-22)24-19(28)16-11-13-5-3-4-6-17(13)31-20(16)29/h3-11H,2,12H2,1H3,(H,23,27)(H,24,25,28). The summed E-state index contributed by atoms with van der Waals surface area (Å²) in [5.41, 5.74) is 0.185. The lowest BCUT2D eigenvalue weighted by Gasteiger charge is -2.06. The number of carbonyl (C=O) groups is 2. The maximum atomic E-state index is 12.5. The van der Waals surface area contributed by atoms with Crippen LogP contribution < -0.4 is 21.0 Å². The molecule has 9 nitrogen and oxygen atoms in total. The lowest BCUT2D eigenvalue weighted by atomic mass is 10.2. The van der Waals surface area contributed by atoms with Crippen molar-refractivity contribution in [3.8, 4) is 5.75 Å². The van der Waals surface area contributed by atoms with Crippen molar-refractivity contribution in [3.05, 3.63) is 70.6 Å². The Labute approximate surface area is 196 Å². The molecule has 0 fully saturated rings. The van der Waals surface area contributed by atoms with Crippen molar-refractivity contribution in [1.82, 2.24) is 10.2 Å². The molecule has 0 aliphatic carbocycles. The fourth-order valence-corrected chi connectivity index (χ4v) is 4.38. The zero-order valence-electron chi connectivity index (χ0n) is 17.4. The highest BCUT2D eigenvalue weighted by Crippen LogP contribution is 2.26. The number of thioether (sulfide) groups is 1. The Balaban J connectivity index is 1.32. The van der Waals surface area contributed by atoms with Gasteiger partial charge >= 0.3 is 5.63 Å². The first-order valence-corrected chi connectivity index (χ1v) is 11.7. The number of carbonyl (C=O) groups excluding carboxylic acids is 2. The van der Waals surface area contributed by atoms with Gasteiger partial charge in [-0.2, -0.15) is 0 Å². The summed E-state index contributed by atoms with van der Waals surface area (Å²) in [5, 5.41) is 14.0. The molecule has 0 radical (unpaired) electrons. The normalized spacial score (nSPS) is 10.7. The van der Waals surface area contributed by atoms with Crippen molar-refractivity contribution in [2.45, 2.75) is 11.3 Å². The summed E-state index contributed by atoms with van der Waals surface area (Å²) in [4.78, 5) is 36.8. The molecule has 4 aromatic rings. The summed E-state index contributed by atoms with van der Waals surface area (Å²) in [6.07, 6.45) is 0. The van der Waals surface area contributed by atoms with Gasteiger partial charge in [0.15, 0.2) is 4.34 Å². The van der Waals surface area contributed by atoms with Gasteiger partial charge in [-0.25, -0.2) is 4.79 Å². The van der Waals surface area contributed by atoms with Crippen LogP contribution in [0, 0.1) is 0 Å². The first kappa shape index (κ1) is 22.5. The van der Waals surface area contributed by atoms with Crippen molar-refractivity contribution in [2.24, 2.45) is 0 Å². The van der Waals surface area contributed by atoms with Crippen LogP contribution in [0.4, 0.5) is 10.8 Å². The molecule has 2 heterocycles. The Morgan fingerprint density at radius 2 is 1.88 bits per heavy atom. The number of amides is 2. The number of ether oxygens (including phenoxy) is 1. The minimum Gasteiger partial charge on any atom is -0.494 e. The average Bonchev–Trinajstić information content (AvgIpc) is 3.26. The zero-order valence-corrected chi connectivity index (χ0v) is 19.0. The van der Waals surface area contributed by atoms with Crippen molar-refractivity contribution in [3.63, 3.8) is 0 Å². The maximum absolute atomic E-state index is 12.5. The van der Waals surface area contributed by atoms with Crippen LogP contribution in [-0.2, 0) is 4.79 Å². The van der Waals surface area contributed by atoms with Gasteiger partial charge in [0.2, 0.25) is 11.0 Å². The van der Waals surface area contributed by atoms with E-state index in [1.54, 1.807) is 48.5 Å². The van der Waals surface area contributed by atoms with E-state index in [-0.39, 0.29) is 22.4 Å². The molecule has 0 atom stereocenters. The van der Waals surface area contributed by atoms with Crippen molar-refractivity contribution < 1.29 is 18.7 Å². The third kappa shape index (κ3) is 5.76. The second-order valence-corrected chi connectivity index (χ2v) is 8.81. The lowest BCUT2D eigenvalue weighted by molar-refractivity contribution is -0.113. The highest BCUT2D eigenvalue weighted by Gasteiger charge is 2.16. The third-order valence-corrected chi connectivity index (χ3v) is 6.26. The molecule has 2 amide bonds. The van der Waals surface area contributed by atoms with Crippen LogP contribution in [0.5, 0.6) is 5.75 Å². The molecule has 2 aromatic carbocycles. The number of fused-ring (bicyclic) bond motifs is 1. The zero-order chi connectivity index (χ0) is 23.2. The highest BCUT2D eigenvalue weighted by atomic mass is 32.2. The Kier molecular flexibility index (Phi) is 7.01. The molecular weight excluding hydrogens is 464 g/mol. The van der Waals surface area contributed by atoms with Crippen LogP contribution in [0.25, 0.3) is 11.0 Å². The molecule has 0 aliphatic rings. The van der Waals surface area contributed by atoms with Crippen LogP contribution in [0.15, 0.2) is 68.1 Å². The van der Waals surface area contributed by atoms with Crippen molar-refractivity contribution >= 4 is 56.7 Å². The number of nitrogens with one attached hydrogen (secondary N) is 2. The number of hydrogen-bond donors (Lipinski definition) is 2. The Bertz CT molecular complexity index is 1350. The SMILES string of the molecule is CCOc1ccc(NC(=O)CSc2nnc(NC(=O)c3cc4ccccc4oc3=O)s2)cc1. The van der Waals surface area contributed by atoms with E-state index in [9.17, 15) is 14.4 Å². The molecule has 0 spiro atoms. The summed E-state index contributed by atoms with van der Waals surface area (Å²) >= 11 is 2.29. The smallest absolute Gasteiger partial charge is 0.349 e. The van der Waals surface area contributed by atoms with E-state index in [2.05, 4.69) is 20.8 Å². The van der Waals surface area contributed by atoms with Gasteiger partial charge in [-0.15, -0.1) is 10.2 Å². The summed E-state index contributed by atoms with van der Waals surface area (Å²) in [7, 11) is 0. The van der Waals surface area contributed by atoms with Crippen LogP contribution in [0.1, 0.15) is 17.3 Å². The van der Waals surface area contributed by atoms with Crippen LogP contribution in [0.2, 0.25) is 0 Å². The first-order chi connectivity index (χ1) is 16.0. The number of para-hydroxylation sites is 1. The number of benzene rings is 2. The van der Waals surface area contributed by atoms with Gasteiger partial charge in [-0.1, -0.05) is 41.3 Å². The molecule has 11 heteroatoms. The first-order valence-electron chi connectivity index (χ1n) is 9.85. The Morgan fingerprint density at radius 3 is 2.67 bits per heavy atom. The largest absolute Gasteiger partial charge is 0.494 e. The summed E-state index contributed by atoms with van der Waals surface area (Å²) in [6, 6.07) is 15.5. The van der Waals surface area contributed by atoms with Gasteiger partial charge in [-0.3, -0.25) is 14.9 Å². The molecule has 168 valence electrons. The van der Waals surface area contributed by atoms with Crippen molar-refractivity contribution in [1.29, 1.82) is 0 Å². The van der Waals surface area contributed by atoms with E-state index in [1.807, 2.05) is 6.92 Å². The predicted molar refractivity (Wildman–Crippen MR) is 127 cm³/mol. The second-order valence-electron chi connectivity index (χ2n) is 6.61. The van der Waals surface area contributed by atoms with E-state index in [0.29, 0.717) is 27.6 Å². The lowest BCUT2D eigenvalue weighted by Crippen LogP contribution is -2.20. The molecule has 0 saturated heterocycles. The molecule has 0 bridgehead atoms. The Morgan fingerprint density at radius 1 is 1.09 bits per heavy atom. The Hall–Kier alpha value is -3.70. The fraction of sp³-hybridized carbons (Fsp3) is 0.136. The number of aromatic nitrogens is 2. The van der Waals surface area contributed by atoms with E-state index in [1.165, 1.54) is 17.8 Å². The third-order valence-electron chi connectivity index (χ3n) is 4.29. The van der Waals surface area contributed by atoms with Gasteiger partial charge in [0.25, 0.3) is 5.91 Å². The van der Waals surface area contributed by atoms with Crippen molar-refractivity contribution in [2.75, 3.05) is 23.0 Å². The van der Waals surface area contributed by atoms with E-state index in [4.69, 9.17) is 9.15 Å². The predicted octanol–water partition coefficient (Wildman–Crippen LogP) is 4.03. The summed E-state index contributed by atoms with van der Waals surface area (Å²) < 4.78 is 11.1. The van der Waals surface area contributed by atoms with Gasteiger partial charge < -0.3 is 14.5 Å². The average molecular weight is 483 g/mol. The topological polar surface area (TPSA) is 123 Å². The molecule has 33 heavy (non-hydrogen) atoms.